The molecule has 1 nitrogen and oxygen atoms in total. The van der Waals surface area contributed by atoms with Gasteiger partial charge < -0.3 is 4.42 Å². The number of fused-ring (bicyclic) bond motifs is 7. The minimum Gasteiger partial charge on any atom is -0.455 e. The van der Waals surface area contributed by atoms with Gasteiger partial charge in [0.1, 0.15) is 11.2 Å². The third-order valence-electron chi connectivity index (χ3n) is 11.3. The van der Waals surface area contributed by atoms with Crippen molar-refractivity contribution in [2.24, 2.45) is 0 Å². The molecule has 1 heterocycles. The Labute approximate surface area is 319 Å². The summed E-state index contributed by atoms with van der Waals surface area (Å²) < 4.78 is 6.53. The molecule has 0 bridgehead atoms. The Kier molecular flexibility index (Phi) is 7.25. The molecule has 0 aliphatic carbocycles. The van der Waals surface area contributed by atoms with Gasteiger partial charge in [0.15, 0.2) is 0 Å². The lowest BCUT2D eigenvalue weighted by Gasteiger charge is -2.18. The van der Waals surface area contributed by atoms with E-state index in [-0.39, 0.29) is 0 Å². The van der Waals surface area contributed by atoms with Crippen LogP contribution in [0.4, 0.5) is 0 Å². The summed E-state index contributed by atoms with van der Waals surface area (Å²) >= 11 is 0. The molecule has 0 unspecified atom stereocenters. The molecule has 1 aromatic heterocycles. The highest BCUT2D eigenvalue weighted by atomic mass is 16.3. The standard InChI is InChI=1S/C54H34O/c1-3-13-39(14-4-1)51-44-19-9-10-20-45(44)52(40-15-5-2-6-16-40)49-33-41(31-32-46(49)51)37-25-23-35(24-26-37)36-27-29-38(30-28-36)48-34-42-17-7-8-18-43(42)53-47-21-11-12-22-50(47)55-54(48)53/h1-34H. The number of rotatable bonds is 5. The van der Waals surface area contributed by atoms with Crippen molar-refractivity contribution < 1.29 is 4.42 Å². The molecule has 1 heteroatoms. The van der Waals surface area contributed by atoms with E-state index in [0.717, 1.165) is 27.7 Å². The maximum absolute atomic E-state index is 6.53. The lowest BCUT2D eigenvalue weighted by atomic mass is 9.85. The lowest BCUT2D eigenvalue weighted by Crippen LogP contribution is -1.91. The quantitative estimate of drug-likeness (QED) is 0.163. The molecular formula is C54H34O. The smallest absolute Gasteiger partial charge is 0.143 e. The molecule has 0 aliphatic heterocycles. The molecule has 0 radical (unpaired) electrons. The van der Waals surface area contributed by atoms with E-state index in [1.54, 1.807) is 0 Å². The van der Waals surface area contributed by atoms with Crippen LogP contribution < -0.4 is 0 Å². The maximum atomic E-state index is 6.53. The predicted molar refractivity (Wildman–Crippen MR) is 233 cm³/mol. The summed E-state index contributed by atoms with van der Waals surface area (Å²) in [5.74, 6) is 0. The normalized spacial score (nSPS) is 11.6. The van der Waals surface area contributed by atoms with Crippen molar-refractivity contribution in [3.63, 3.8) is 0 Å². The van der Waals surface area contributed by atoms with Gasteiger partial charge >= 0.3 is 0 Å². The van der Waals surface area contributed by atoms with Gasteiger partial charge in [-0.3, -0.25) is 0 Å². The summed E-state index contributed by atoms with van der Waals surface area (Å²) in [5, 5.41) is 9.81. The molecule has 10 aromatic carbocycles. The third-order valence-corrected chi connectivity index (χ3v) is 11.3. The predicted octanol–water partition coefficient (Wildman–Crippen LogP) is 15.4. The maximum Gasteiger partial charge on any atom is 0.143 e. The summed E-state index contributed by atoms with van der Waals surface area (Å²) in [6.07, 6.45) is 0. The zero-order valence-electron chi connectivity index (χ0n) is 30.0. The van der Waals surface area contributed by atoms with Crippen LogP contribution in [0.3, 0.4) is 0 Å². The highest BCUT2D eigenvalue weighted by Crippen LogP contribution is 2.45. The van der Waals surface area contributed by atoms with E-state index >= 15 is 0 Å². The van der Waals surface area contributed by atoms with Crippen molar-refractivity contribution in [2.45, 2.75) is 0 Å². The van der Waals surface area contributed by atoms with Gasteiger partial charge in [0, 0.05) is 16.3 Å². The lowest BCUT2D eigenvalue weighted by molar-refractivity contribution is 0.670. The molecule has 0 saturated heterocycles. The van der Waals surface area contributed by atoms with Crippen LogP contribution in [0, 0.1) is 0 Å². The summed E-state index contributed by atoms with van der Waals surface area (Å²) in [6, 6.07) is 74.6. The minimum absolute atomic E-state index is 0.916. The fraction of sp³-hybridized carbons (Fsp3) is 0. The van der Waals surface area contributed by atoms with Crippen LogP contribution in [0.1, 0.15) is 0 Å². The topological polar surface area (TPSA) is 13.1 Å². The summed E-state index contributed by atoms with van der Waals surface area (Å²) in [5.41, 5.74) is 13.9. The molecular weight excluding hydrogens is 665 g/mol. The first-order valence-electron chi connectivity index (χ1n) is 18.9. The monoisotopic (exact) mass is 698 g/mol. The SMILES string of the molecule is c1ccc(-c2c3ccccc3c(-c3ccccc3)c3cc(-c4ccc(-c5ccc(-c6cc7ccccc7c7c6oc6ccccc67)cc5)cc4)ccc23)cc1. The Hall–Kier alpha value is -7.22. The molecule has 55 heavy (non-hydrogen) atoms. The second-order valence-corrected chi connectivity index (χ2v) is 14.4. The molecule has 0 N–H and O–H groups in total. The minimum atomic E-state index is 0.916. The molecule has 0 amide bonds. The van der Waals surface area contributed by atoms with Crippen LogP contribution in [0.5, 0.6) is 0 Å². The van der Waals surface area contributed by atoms with E-state index in [1.807, 2.05) is 6.07 Å². The number of furan rings is 1. The van der Waals surface area contributed by atoms with Crippen LogP contribution in [0.15, 0.2) is 211 Å². The van der Waals surface area contributed by atoms with Crippen LogP contribution in [0.25, 0.3) is 110 Å². The van der Waals surface area contributed by atoms with Crippen molar-refractivity contribution >= 4 is 54.3 Å². The molecule has 11 rings (SSSR count). The number of para-hydroxylation sites is 1. The van der Waals surface area contributed by atoms with Gasteiger partial charge in [-0.15, -0.1) is 0 Å². The summed E-state index contributed by atoms with van der Waals surface area (Å²) in [4.78, 5) is 0. The second kappa shape index (κ2) is 12.7. The highest BCUT2D eigenvalue weighted by molar-refractivity contribution is 6.23. The molecule has 0 atom stereocenters. The molecule has 256 valence electrons. The van der Waals surface area contributed by atoms with Crippen LogP contribution in [-0.4, -0.2) is 0 Å². The first kappa shape index (κ1) is 31.3. The third kappa shape index (κ3) is 5.16. The van der Waals surface area contributed by atoms with E-state index in [0.29, 0.717) is 0 Å². The van der Waals surface area contributed by atoms with Gasteiger partial charge in [-0.2, -0.15) is 0 Å². The van der Waals surface area contributed by atoms with Crippen molar-refractivity contribution in [3.8, 4) is 55.6 Å². The second-order valence-electron chi connectivity index (χ2n) is 14.4. The van der Waals surface area contributed by atoms with Crippen molar-refractivity contribution in [1.82, 2.24) is 0 Å². The van der Waals surface area contributed by atoms with E-state index in [4.69, 9.17) is 4.42 Å². The van der Waals surface area contributed by atoms with Gasteiger partial charge in [0.2, 0.25) is 0 Å². The zero-order chi connectivity index (χ0) is 36.3. The first-order valence-corrected chi connectivity index (χ1v) is 18.9. The number of benzene rings is 10. The Morgan fingerprint density at radius 3 is 1.36 bits per heavy atom. The van der Waals surface area contributed by atoms with Crippen LogP contribution in [-0.2, 0) is 0 Å². The van der Waals surface area contributed by atoms with Gasteiger partial charge in [0.25, 0.3) is 0 Å². The Morgan fingerprint density at radius 1 is 0.273 bits per heavy atom. The van der Waals surface area contributed by atoms with Crippen molar-refractivity contribution in [2.75, 3.05) is 0 Å². The Balaban J connectivity index is 0.995. The largest absolute Gasteiger partial charge is 0.455 e. The molecule has 0 spiro atoms. The molecule has 0 saturated carbocycles. The summed E-state index contributed by atoms with van der Waals surface area (Å²) in [6.45, 7) is 0. The molecule has 0 fully saturated rings. The van der Waals surface area contributed by atoms with Gasteiger partial charge in [0.05, 0.1) is 0 Å². The summed E-state index contributed by atoms with van der Waals surface area (Å²) in [7, 11) is 0. The molecule has 11 aromatic rings. The van der Waals surface area contributed by atoms with E-state index < -0.39 is 0 Å². The zero-order valence-corrected chi connectivity index (χ0v) is 30.0. The number of hydrogen-bond donors (Lipinski definition) is 0. The van der Waals surface area contributed by atoms with Gasteiger partial charge in [-0.25, -0.2) is 0 Å². The van der Waals surface area contributed by atoms with Gasteiger partial charge in [-0.1, -0.05) is 188 Å². The van der Waals surface area contributed by atoms with Crippen LogP contribution >= 0.6 is 0 Å². The van der Waals surface area contributed by atoms with Crippen molar-refractivity contribution in [3.05, 3.63) is 206 Å². The first-order chi connectivity index (χ1) is 27.3. The van der Waals surface area contributed by atoms with Crippen molar-refractivity contribution in [1.29, 1.82) is 0 Å². The van der Waals surface area contributed by atoms with Gasteiger partial charge in [-0.05, 0) is 101 Å². The van der Waals surface area contributed by atoms with E-state index in [2.05, 4.69) is 200 Å². The highest BCUT2D eigenvalue weighted by Gasteiger charge is 2.18. The van der Waals surface area contributed by atoms with E-state index in [1.165, 1.54) is 82.2 Å². The molecule has 0 aliphatic rings. The van der Waals surface area contributed by atoms with E-state index in [9.17, 15) is 0 Å². The Morgan fingerprint density at radius 2 is 0.727 bits per heavy atom. The van der Waals surface area contributed by atoms with Crippen LogP contribution in [0.2, 0.25) is 0 Å². The fourth-order valence-electron chi connectivity index (χ4n) is 8.68. The average molecular weight is 699 g/mol. The fourth-order valence-corrected chi connectivity index (χ4v) is 8.68. The Bertz CT molecular complexity index is 3210. The average Bonchev–Trinajstić information content (AvgIpc) is 3.66. The number of hydrogen-bond acceptors (Lipinski definition) is 1.